The number of ether oxygens (including phenoxy) is 1. The molecule has 0 aliphatic carbocycles. The highest BCUT2D eigenvalue weighted by Crippen LogP contribution is 2.17. The quantitative estimate of drug-likeness (QED) is 0.569. The number of nitrogens with zero attached hydrogens (tertiary/aromatic N) is 1. The van der Waals surface area contributed by atoms with Crippen molar-refractivity contribution in [3.8, 4) is 0 Å². The monoisotopic (exact) mass is 248 g/mol. The van der Waals surface area contributed by atoms with Gasteiger partial charge in [-0.1, -0.05) is 0 Å². The van der Waals surface area contributed by atoms with Crippen molar-refractivity contribution < 1.29 is 14.3 Å². The summed E-state index contributed by atoms with van der Waals surface area (Å²) in [6, 6.07) is -0.208. The highest BCUT2D eigenvalue weighted by molar-refractivity contribution is 6.63. The number of amides is 2. The molecule has 0 spiro atoms. The number of hydrogen-bond acceptors (Lipinski definition) is 4. The summed E-state index contributed by atoms with van der Waals surface area (Å²) in [5, 5.41) is 2.28. The van der Waals surface area contributed by atoms with E-state index in [0.29, 0.717) is 13.0 Å². The lowest BCUT2D eigenvalue weighted by Gasteiger charge is -2.27. The van der Waals surface area contributed by atoms with Gasteiger partial charge in [0.15, 0.2) is 0 Å². The number of carbonyl (C=O) groups excluding carboxylic acids is 2. The van der Waals surface area contributed by atoms with Crippen molar-refractivity contribution in [2.75, 3.05) is 13.1 Å². The zero-order chi connectivity index (χ0) is 12.3. The summed E-state index contributed by atoms with van der Waals surface area (Å²) in [5.74, 6) is 0. The van der Waals surface area contributed by atoms with Gasteiger partial charge in [0.2, 0.25) is 0 Å². The SMILES string of the molecule is CC(C)(C)OC(=O)N(C(=O)Cl)C1CCNC1. The molecule has 92 valence electrons. The molecule has 1 N–H and O–H groups in total. The minimum Gasteiger partial charge on any atom is -0.443 e. The summed E-state index contributed by atoms with van der Waals surface area (Å²) in [7, 11) is 0. The van der Waals surface area contributed by atoms with Gasteiger partial charge in [-0.15, -0.1) is 0 Å². The van der Waals surface area contributed by atoms with Crippen LogP contribution < -0.4 is 5.32 Å². The molecule has 1 unspecified atom stereocenters. The average molecular weight is 249 g/mol. The molecule has 1 aliphatic rings. The lowest BCUT2D eigenvalue weighted by Crippen LogP contribution is -2.45. The third-order valence-corrected chi connectivity index (χ3v) is 2.36. The summed E-state index contributed by atoms with van der Waals surface area (Å²) in [4.78, 5) is 24.0. The van der Waals surface area contributed by atoms with E-state index in [2.05, 4.69) is 5.32 Å². The second-order valence-corrected chi connectivity index (χ2v) is 5.07. The van der Waals surface area contributed by atoms with Gasteiger partial charge in [-0.2, -0.15) is 0 Å². The Balaban J connectivity index is 2.70. The summed E-state index contributed by atoms with van der Waals surface area (Å²) in [6.45, 7) is 6.57. The second kappa shape index (κ2) is 5.01. The van der Waals surface area contributed by atoms with E-state index in [-0.39, 0.29) is 6.04 Å². The number of imide groups is 1. The second-order valence-electron chi connectivity index (χ2n) is 4.75. The number of rotatable bonds is 1. The largest absolute Gasteiger partial charge is 0.443 e. The third-order valence-electron chi connectivity index (χ3n) is 2.18. The molecular formula is C10H17ClN2O3. The van der Waals surface area contributed by atoms with Crippen molar-refractivity contribution in [1.82, 2.24) is 10.2 Å². The van der Waals surface area contributed by atoms with Crippen LogP contribution in [0.3, 0.4) is 0 Å². The molecule has 1 atom stereocenters. The van der Waals surface area contributed by atoms with Gasteiger partial charge in [0, 0.05) is 6.54 Å². The average Bonchev–Trinajstić information content (AvgIpc) is 2.52. The zero-order valence-corrected chi connectivity index (χ0v) is 10.5. The molecule has 16 heavy (non-hydrogen) atoms. The van der Waals surface area contributed by atoms with Crippen LogP contribution in [0.5, 0.6) is 0 Å². The molecule has 6 heteroatoms. The Hall–Kier alpha value is -0.810. The van der Waals surface area contributed by atoms with Crippen LogP contribution in [0.1, 0.15) is 27.2 Å². The lowest BCUT2D eigenvalue weighted by atomic mass is 10.2. The highest BCUT2D eigenvalue weighted by Gasteiger charge is 2.34. The third kappa shape index (κ3) is 3.64. The first-order valence-electron chi connectivity index (χ1n) is 5.23. The minimum absolute atomic E-state index is 0.208. The summed E-state index contributed by atoms with van der Waals surface area (Å²) >= 11 is 5.41. The Bertz CT molecular complexity index is 282. The van der Waals surface area contributed by atoms with Crippen molar-refractivity contribution in [3.05, 3.63) is 0 Å². The van der Waals surface area contributed by atoms with Crippen LogP contribution in [0.15, 0.2) is 0 Å². The predicted octanol–water partition coefficient (Wildman–Crippen LogP) is 1.94. The molecule has 0 saturated carbocycles. The standard InChI is InChI=1S/C10H17ClN2O3/c1-10(2,3)16-9(15)13(8(11)14)7-4-5-12-6-7/h7,12H,4-6H2,1-3H3. The molecule has 1 rings (SSSR count). The smallest absolute Gasteiger partial charge is 0.418 e. The van der Waals surface area contributed by atoms with Crippen molar-refractivity contribution >= 4 is 23.1 Å². The van der Waals surface area contributed by atoms with Crippen molar-refractivity contribution in [2.24, 2.45) is 0 Å². The Kier molecular flexibility index (Phi) is 4.15. The van der Waals surface area contributed by atoms with Gasteiger partial charge in [0.1, 0.15) is 5.60 Å². The van der Waals surface area contributed by atoms with Gasteiger partial charge in [0.05, 0.1) is 6.04 Å². The van der Waals surface area contributed by atoms with Gasteiger partial charge in [-0.25, -0.2) is 9.69 Å². The Labute approximate surface area is 100 Å². The van der Waals surface area contributed by atoms with E-state index >= 15 is 0 Å². The number of carbonyl (C=O) groups is 2. The van der Waals surface area contributed by atoms with Crippen LogP contribution >= 0.6 is 11.6 Å². The maximum Gasteiger partial charge on any atom is 0.418 e. The van der Waals surface area contributed by atoms with Crippen LogP contribution in [0.4, 0.5) is 9.59 Å². The first kappa shape index (κ1) is 13.3. The minimum atomic E-state index is -0.789. The maximum atomic E-state index is 11.8. The molecule has 5 nitrogen and oxygen atoms in total. The first-order valence-corrected chi connectivity index (χ1v) is 5.61. The van der Waals surface area contributed by atoms with E-state index in [0.717, 1.165) is 11.4 Å². The van der Waals surface area contributed by atoms with E-state index in [9.17, 15) is 9.59 Å². The van der Waals surface area contributed by atoms with Crippen LogP contribution in [-0.2, 0) is 4.74 Å². The topological polar surface area (TPSA) is 58.6 Å². The fraction of sp³-hybridized carbons (Fsp3) is 0.800. The van der Waals surface area contributed by atoms with Crippen LogP contribution in [0.25, 0.3) is 0 Å². The van der Waals surface area contributed by atoms with Gasteiger partial charge in [-0.3, -0.25) is 4.79 Å². The lowest BCUT2D eigenvalue weighted by molar-refractivity contribution is 0.0289. The van der Waals surface area contributed by atoms with Gasteiger partial charge in [0.25, 0.3) is 0 Å². The molecule has 1 aliphatic heterocycles. The van der Waals surface area contributed by atoms with Crippen molar-refractivity contribution in [1.29, 1.82) is 0 Å². The molecule has 1 saturated heterocycles. The van der Waals surface area contributed by atoms with Crippen molar-refractivity contribution in [2.45, 2.75) is 38.8 Å². The summed E-state index contributed by atoms with van der Waals surface area (Å²) in [6.07, 6.45) is 0.0266. The van der Waals surface area contributed by atoms with Gasteiger partial charge < -0.3 is 10.1 Å². The van der Waals surface area contributed by atoms with E-state index in [1.54, 1.807) is 20.8 Å². The molecule has 1 fully saturated rings. The van der Waals surface area contributed by atoms with Gasteiger partial charge >= 0.3 is 11.5 Å². The zero-order valence-electron chi connectivity index (χ0n) is 9.75. The van der Waals surface area contributed by atoms with Crippen molar-refractivity contribution in [3.63, 3.8) is 0 Å². The van der Waals surface area contributed by atoms with E-state index in [1.165, 1.54) is 0 Å². The van der Waals surface area contributed by atoms with Crippen LogP contribution in [0, 0.1) is 0 Å². The molecule has 2 amide bonds. The molecule has 0 bridgehead atoms. The molecule has 0 radical (unpaired) electrons. The Morgan fingerprint density at radius 2 is 2.06 bits per heavy atom. The molecule has 1 heterocycles. The first-order chi connectivity index (χ1) is 7.31. The van der Waals surface area contributed by atoms with Gasteiger partial charge in [-0.05, 0) is 45.3 Å². The fourth-order valence-corrected chi connectivity index (χ4v) is 1.74. The van der Waals surface area contributed by atoms with Crippen LogP contribution in [-0.4, -0.2) is 41.1 Å². The Morgan fingerprint density at radius 1 is 1.44 bits per heavy atom. The Morgan fingerprint density at radius 3 is 2.44 bits per heavy atom. The normalized spacial score (nSPS) is 20.6. The fourth-order valence-electron chi connectivity index (χ4n) is 1.54. The van der Waals surface area contributed by atoms with Crippen LogP contribution in [0.2, 0.25) is 0 Å². The number of halogens is 1. The highest BCUT2D eigenvalue weighted by atomic mass is 35.5. The predicted molar refractivity (Wildman–Crippen MR) is 60.6 cm³/mol. The molecule has 0 aromatic heterocycles. The molecule has 0 aromatic rings. The maximum absolute atomic E-state index is 11.8. The molecular weight excluding hydrogens is 232 g/mol. The van der Waals surface area contributed by atoms with E-state index in [4.69, 9.17) is 16.3 Å². The number of nitrogens with one attached hydrogen (secondary N) is 1. The van der Waals surface area contributed by atoms with E-state index < -0.39 is 17.1 Å². The summed E-state index contributed by atoms with van der Waals surface area (Å²) < 4.78 is 5.13. The summed E-state index contributed by atoms with van der Waals surface area (Å²) in [5.41, 5.74) is -0.631. The molecule has 0 aromatic carbocycles. The number of hydrogen-bond donors (Lipinski definition) is 1. The van der Waals surface area contributed by atoms with E-state index in [1.807, 2.05) is 0 Å².